The summed E-state index contributed by atoms with van der Waals surface area (Å²) in [5.74, 6) is -0.835. The molecule has 74 valence electrons. The van der Waals surface area contributed by atoms with Crippen LogP contribution in [0, 0.1) is 13.7 Å². The molecule has 5 nitrogen and oxygen atoms in total. The average molecular weight is 326 g/mol. The Morgan fingerprint density at radius 1 is 1.57 bits per heavy atom. The minimum Gasteiger partial charge on any atom is -0.365 e. The van der Waals surface area contributed by atoms with E-state index >= 15 is 0 Å². The van der Waals surface area contributed by atoms with Crippen molar-refractivity contribution in [1.82, 2.24) is 0 Å². The zero-order valence-electron chi connectivity index (χ0n) is 6.66. The van der Waals surface area contributed by atoms with E-state index in [0.29, 0.717) is 3.57 Å². The largest absolute Gasteiger partial charge is 0.365 e. The molecule has 0 atom stereocenters. The molecule has 1 amide bonds. The minimum atomic E-state index is -0.835. The lowest BCUT2D eigenvalue weighted by Crippen LogP contribution is -2.15. The van der Waals surface area contributed by atoms with Crippen molar-refractivity contribution >= 4 is 45.8 Å². The second kappa shape index (κ2) is 4.09. The van der Waals surface area contributed by atoms with E-state index in [0.717, 1.165) is 6.07 Å². The summed E-state index contributed by atoms with van der Waals surface area (Å²) in [5.41, 5.74) is 4.53. The summed E-state index contributed by atoms with van der Waals surface area (Å²) in [6.45, 7) is 0. The summed E-state index contributed by atoms with van der Waals surface area (Å²) in [7, 11) is 0. The molecule has 1 aromatic carbocycles. The summed E-state index contributed by atoms with van der Waals surface area (Å²) in [5, 5.41) is 10.8. The molecule has 0 unspecified atom stereocenters. The van der Waals surface area contributed by atoms with Gasteiger partial charge in [-0.1, -0.05) is 11.6 Å². The summed E-state index contributed by atoms with van der Waals surface area (Å²) >= 11 is 7.38. The number of carbonyl (C=O) groups is 1. The van der Waals surface area contributed by atoms with Gasteiger partial charge < -0.3 is 5.73 Å². The van der Waals surface area contributed by atoms with Crippen LogP contribution in [0.2, 0.25) is 5.02 Å². The van der Waals surface area contributed by atoms with Gasteiger partial charge in [-0.2, -0.15) is 0 Å². The molecule has 1 rings (SSSR count). The lowest BCUT2D eigenvalue weighted by atomic mass is 10.2. The molecule has 0 saturated carbocycles. The van der Waals surface area contributed by atoms with Crippen LogP contribution in [0.15, 0.2) is 12.1 Å². The molecule has 2 N–H and O–H groups in total. The Morgan fingerprint density at radius 3 is 2.57 bits per heavy atom. The number of nitro benzene ring substituents is 1. The first kappa shape index (κ1) is 11.2. The van der Waals surface area contributed by atoms with Crippen LogP contribution in [-0.4, -0.2) is 10.8 Å². The maximum absolute atomic E-state index is 10.9. The van der Waals surface area contributed by atoms with Gasteiger partial charge in [0.2, 0.25) is 0 Å². The van der Waals surface area contributed by atoms with Gasteiger partial charge in [0.1, 0.15) is 5.56 Å². The average Bonchev–Trinajstić information content (AvgIpc) is 2.01. The Balaban J connectivity index is 3.52. The Morgan fingerprint density at radius 2 is 2.14 bits per heavy atom. The Hall–Kier alpha value is -0.890. The number of rotatable bonds is 2. The number of nitrogens with two attached hydrogens (primary N) is 1. The number of hydrogen-bond donors (Lipinski definition) is 1. The van der Waals surface area contributed by atoms with E-state index in [4.69, 9.17) is 17.3 Å². The highest BCUT2D eigenvalue weighted by atomic mass is 127. The number of primary amides is 1. The number of benzene rings is 1. The minimum absolute atomic E-state index is 0.111. The van der Waals surface area contributed by atoms with Crippen LogP contribution < -0.4 is 5.73 Å². The molecule has 0 aromatic heterocycles. The second-order valence-corrected chi connectivity index (χ2v) is 4.00. The highest BCUT2D eigenvalue weighted by Crippen LogP contribution is 2.27. The lowest BCUT2D eigenvalue weighted by molar-refractivity contribution is -0.385. The van der Waals surface area contributed by atoms with Crippen molar-refractivity contribution in [1.29, 1.82) is 0 Å². The van der Waals surface area contributed by atoms with E-state index in [-0.39, 0.29) is 16.3 Å². The topological polar surface area (TPSA) is 86.2 Å². The van der Waals surface area contributed by atoms with E-state index in [1.165, 1.54) is 6.07 Å². The van der Waals surface area contributed by atoms with Crippen LogP contribution in [0.25, 0.3) is 0 Å². The van der Waals surface area contributed by atoms with Crippen molar-refractivity contribution in [3.8, 4) is 0 Å². The second-order valence-electron chi connectivity index (χ2n) is 2.40. The van der Waals surface area contributed by atoms with Crippen LogP contribution in [-0.2, 0) is 0 Å². The van der Waals surface area contributed by atoms with Gasteiger partial charge in [-0.15, -0.1) is 0 Å². The summed E-state index contributed by atoms with van der Waals surface area (Å²) in [6.07, 6.45) is 0. The maximum atomic E-state index is 10.9. The molecule has 0 spiro atoms. The zero-order valence-corrected chi connectivity index (χ0v) is 9.57. The molecule has 0 saturated heterocycles. The molecule has 0 heterocycles. The van der Waals surface area contributed by atoms with Gasteiger partial charge in [-0.25, -0.2) is 0 Å². The van der Waals surface area contributed by atoms with Crippen molar-refractivity contribution in [3.05, 3.63) is 36.4 Å². The van der Waals surface area contributed by atoms with Gasteiger partial charge in [-0.05, 0) is 28.7 Å². The highest BCUT2D eigenvalue weighted by molar-refractivity contribution is 14.1. The predicted molar refractivity (Wildman–Crippen MR) is 59.3 cm³/mol. The van der Waals surface area contributed by atoms with E-state index in [2.05, 4.69) is 0 Å². The quantitative estimate of drug-likeness (QED) is 0.512. The fraction of sp³-hybridized carbons (Fsp3) is 0. The SMILES string of the molecule is NC(=O)c1c(I)cc(Cl)cc1[N+](=O)[O-]. The lowest BCUT2D eigenvalue weighted by Gasteiger charge is -2.01. The third kappa shape index (κ3) is 2.13. The molecule has 0 fully saturated rings. The number of hydrogen-bond acceptors (Lipinski definition) is 3. The molecular formula is C7H4ClIN2O3. The smallest absolute Gasteiger partial charge is 0.284 e. The van der Waals surface area contributed by atoms with Gasteiger partial charge in [0.25, 0.3) is 11.6 Å². The van der Waals surface area contributed by atoms with E-state index < -0.39 is 10.8 Å². The molecule has 0 radical (unpaired) electrons. The van der Waals surface area contributed by atoms with Crippen molar-refractivity contribution < 1.29 is 9.72 Å². The van der Waals surface area contributed by atoms with Crippen molar-refractivity contribution in [2.75, 3.05) is 0 Å². The molecule has 0 aliphatic heterocycles. The van der Waals surface area contributed by atoms with Crippen LogP contribution >= 0.6 is 34.2 Å². The normalized spacial score (nSPS) is 9.86. The number of carbonyl (C=O) groups excluding carboxylic acids is 1. The fourth-order valence-electron chi connectivity index (χ4n) is 0.948. The third-order valence-corrected chi connectivity index (χ3v) is 2.55. The summed E-state index contributed by atoms with van der Waals surface area (Å²) in [6, 6.07) is 2.54. The summed E-state index contributed by atoms with van der Waals surface area (Å²) < 4.78 is 0.370. The monoisotopic (exact) mass is 326 g/mol. The number of nitrogens with zero attached hydrogens (tertiary/aromatic N) is 1. The number of halogens is 2. The van der Waals surface area contributed by atoms with E-state index in [9.17, 15) is 14.9 Å². The van der Waals surface area contributed by atoms with Crippen LogP contribution in [0.5, 0.6) is 0 Å². The first-order valence-electron chi connectivity index (χ1n) is 3.36. The Labute approximate surface area is 97.5 Å². The van der Waals surface area contributed by atoms with E-state index in [1.54, 1.807) is 22.6 Å². The van der Waals surface area contributed by atoms with Gasteiger partial charge in [0.15, 0.2) is 0 Å². The molecule has 0 aliphatic carbocycles. The van der Waals surface area contributed by atoms with Gasteiger partial charge >= 0.3 is 0 Å². The number of nitro groups is 1. The third-order valence-electron chi connectivity index (χ3n) is 1.48. The van der Waals surface area contributed by atoms with Crippen LogP contribution in [0.1, 0.15) is 10.4 Å². The highest BCUT2D eigenvalue weighted by Gasteiger charge is 2.22. The van der Waals surface area contributed by atoms with Gasteiger partial charge in [-0.3, -0.25) is 14.9 Å². The van der Waals surface area contributed by atoms with E-state index in [1.807, 2.05) is 0 Å². The molecule has 0 bridgehead atoms. The standard InChI is InChI=1S/C7H4ClIN2O3/c8-3-1-4(9)6(7(10)12)5(2-3)11(13)14/h1-2H,(H2,10,12). The Kier molecular flexibility index (Phi) is 3.27. The van der Waals surface area contributed by atoms with Crippen molar-refractivity contribution in [2.45, 2.75) is 0 Å². The van der Waals surface area contributed by atoms with Crippen molar-refractivity contribution in [3.63, 3.8) is 0 Å². The zero-order chi connectivity index (χ0) is 10.9. The molecule has 7 heteroatoms. The predicted octanol–water partition coefficient (Wildman–Crippen LogP) is 1.95. The van der Waals surface area contributed by atoms with Crippen molar-refractivity contribution in [2.24, 2.45) is 5.73 Å². The molecule has 14 heavy (non-hydrogen) atoms. The summed E-state index contributed by atoms with van der Waals surface area (Å²) in [4.78, 5) is 20.8. The van der Waals surface area contributed by atoms with Gasteiger partial charge in [0.05, 0.1) is 4.92 Å². The maximum Gasteiger partial charge on any atom is 0.284 e. The van der Waals surface area contributed by atoms with Gasteiger partial charge in [0, 0.05) is 14.7 Å². The molecule has 1 aromatic rings. The fourth-order valence-corrected chi connectivity index (χ4v) is 2.22. The first-order valence-corrected chi connectivity index (χ1v) is 4.82. The first-order chi connectivity index (χ1) is 6.43. The van der Waals surface area contributed by atoms with Crippen LogP contribution in [0.4, 0.5) is 5.69 Å². The Bertz CT molecular complexity index is 422. The molecular weight excluding hydrogens is 322 g/mol. The molecule has 0 aliphatic rings. The number of amides is 1. The van der Waals surface area contributed by atoms with Crippen LogP contribution in [0.3, 0.4) is 0 Å².